The first-order chi connectivity index (χ1) is 15.5. The van der Waals surface area contributed by atoms with Crippen LogP contribution in [-0.4, -0.2) is 27.8 Å². The molecule has 0 saturated heterocycles. The minimum absolute atomic E-state index is 0.119. The van der Waals surface area contributed by atoms with Crippen molar-refractivity contribution >= 4 is 44.9 Å². The Bertz CT molecular complexity index is 1330. The molecule has 2 heterocycles. The van der Waals surface area contributed by atoms with Crippen molar-refractivity contribution in [2.75, 3.05) is 17.7 Å². The van der Waals surface area contributed by atoms with Gasteiger partial charge in [-0.2, -0.15) is 0 Å². The van der Waals surface area contributed by atoms with E-state index in [0.717, 1.165) is 22.6 Å². The second kappa shape index (κ2) is 9.58. The Morgan fingerprint density at radius 3 is 2.66 bits per heavy atom. The van der Waals surface area contributed by atoms with Crippen LogP contribution in [0.1, 0.15) is 18.1 Å². The molecular formula is C24H23N3O3S2. The summed E-state index contributed by atoms with van der Waals surface area (Å²) in [6.07, 6.45) is 0. The Morgan fingerprint density at radius 2 is 1.94 bits per heavy atom. The summed E-state index contributed by atoms with van der Waals surface area (Å²) in [5, 5.41) is 5.23. The monoisotopic (exact) mass is 465 g/mol. The van der Waals surface area contributed by atoms with Crippen LogP contribution in [0.2, 0.25) is 0 Å². The SMILES string of the molecule is CCOc1ccc(NC(=O)CSc2nc3ccsc3c(=O)n2-c2ccc(C)cc2C)cc1. The fourth-order valence-corrected chi connectivity index (χ4v) is 4.95. The number of rotatable bonds is 7. The van der Waals surface area contributed by atoms with E-state index in [-0.39, 0.29) is 17.2 Å². The molecular weight excluding hydrogens is 442 g/mol. The molecule has 1 N–H and O–H groups in total. The first-order valence-corrected chi connectivity index (χ1v) is 12.1. The Labute approximate surface area is 194 Å². The summed E-state index contributed by atoms with van der Waals surface area (Å²) in [4.78, 5) is 30.5. The predicted octanol–water partition coefficient (Wildman–Crippen LogP) is 5.19. The van der Waals surface area contributed by atoms with Crippen molar-refractivity contribution in [3.63, 3.8) is 0 Å². The number of nitrogens with zero attached hydrogens (tertiary/aromatic N) is 2. The van der Waals surface area contributed by atoms with Gasteiger partial charge in [-0.25, -0.2) is 4.98 Å². The third kappa shape index (κ3) is 4.71. The predicted molar refractivity (Wildman–Crippen MR) is 132 cm³/mol. The van der Waals surface area contributed by atoms with E-state index < -0.39 is 0 Å². The molecule has 4 aromatic rings. The maximum atomic E-state index is 13.3. The molecule has 1 amide bonds. The Morgan fingerprint density at radius 1 is 1.16 bits per heavy atom. The zero-order chi connectivity index (χ0) is 22.7. The fourth-order valence-electron chi connectivity index (χ4n) is 3.39. The number of aryl methyl sites for hydroxylation is 2. The van der Waals surface area contributed by atoms with E-state index in [4.69, 9.17) is 4.74 Å². The molecule has 164 valence electrons. The van der Waals surface area contributed by atoms with Gasteiger partial charge in [0.1, 0.15) is 10.4 Å². The number of fused-ring (bicyclic) bond motifs is 1. The topological polar surface area (TPSA) is 73.2 Å². The van der Waals surface area contributed by atoms with E-state index >= 15 is 0 Å². The quantitative estimate of drug-likeness (QED) is 0.300. The summed E-state index contributed by atoms with van der Waals surface area (Å²) in [6, 6.07) is 15.0. The van der Waals surface area contributed by atoms with E-state index in [1.807, 2.05) is 62.5 Å². The molecule has 0 aliphatic carbocycles. The van der Waals surface area contributed by atoms with Crippen molar-refractivity contribution in [3.8, 4) is 11.4 Å². The Hall–Kier alpha value is -3.10. The summed E-state index contributed by atoms with van der Waals surface area (Å²) in [5.74, 6) is 0.705. The molecule has 4 rings (SSSR count). The van der Waals surface area contributed by atoms with Crippen molar-refractivity contribution in [2.45, 2.75) is 25.9 Å². The molecule has 2 aromatic carbocycles. The van der Waals surface area contributed by atoms with Crippen LogP contribution >= 0.6 is 23.1 Å². The molecule has 2 aromatic heterocycles. The number of carbonyl (C=O) groups excluding carboxylic acids is 1. The number of ether oxygens (including phenoxy) is 1. The highest BCUT2D eigenvalue weighted by atomic mass is 32.2. The van der Waals surface area contributed by atoms with Crippen molar-refractivity contribution in [1.82, 2.24) is 9.55 Å². The zero-order valence-corrected chi connectivity index (χ0v) is 19.7. The van der Waals surface area contributed by atoms with Gasteiger partial charge in [-0.05, 0) is 68.1 Å². The summed E-state index contributed by atoms with van der Waals surface area (Å²) in [7, 11) is 0. The van der Waals surface area contributed by atoms with E-state index in [0.29, 0.717) is 27.7 Å². The molecule has 0 unspecified atom stereocenters. The van der Waals surface area contributed by atoms with Gasteiger partial charge in [0.2, 0.25) is 5.91 Å². The van der Waals surface area contributed by atoms with Gasteiger partial charge >= 0.3 is 0 Å². The third-order valence-electron chi connectivity index (χ3n) is 4.82. The second-order valence-corrected chi connectivity index (χ2v) is 9.11. The molecule has 0 aliphatic heterocycles. The van der Waals surface area contributed by atoms with Gasteiger partial charge in [0.15, 0.2) is 5.16 Å². The normalized spacial score (nSPS) is 11.0. The molecule has 0 radical (unpaired) electrons. The van der Waals surface area contributed by atoms with Crippen LogP contribution in [0.5, 0.6) is 5.75 Å². The van der Waals surface area contributed by atoms with Crippen LogP contribution in [0.15, 0.2) is 63.9 Å². The summed E-state index contributed by atoms with van der Waals surface area (Å²) < 4.78 is 7.64. The number of hydrogen-bond acceptors (Lipinski definition) is 6. The minimum Gasteiger partial charge on any atom is -0.494 e. The van der Waals surface area contributed by atoms with Crippen LogP contribution < -0.4 is 15.6 Å². The van der Waals surface area contributed by atoms with Crippen molar-refractivity contribution in [3.05, 3.63) is 75.4 Å². The first kappa shape index (κ1) is 22.1. The number of anilines is 1. The van der Waals surface area contributed by atoms with Gasteiger partial charge in [0.25, 0.3) is 5.56 Å². The number of amides is 1. The largest absolute Gasteiger partial charge is 0.494 e. The van der Waals surface area contributed by atoms with Crippen molar-refractivity contribution < 1.29 is 9.53 Å². The smallest absolute Gasteiger partial charge is 0.276 e. The maximum Gasteiger partial charge on any atom is 0.276 e. The summed E-state index contributed by atoms with van der Waals surface area (Å²) >= 11 is 2.62. The number of benzene rings is 2. The average Bonchev–Trinajstić information content (AvgIpc) is 3.24. The number of carbonyl (C=O) groups is 1. The van der Waals surface area contributed by atoms with Crippen LogP contribution in [0.25, 0.3) is 15.9 Å². The molecule has 0 fully saturated rings. The number of hydrogen-bond donors (Lipinski definition) is 1. The number of thiophene rings is 1. The van der Waals surface area contributed by atoms with Gasteiger partial charge < -0.3 is 10.1 Å². The highest BCUT2D eigenvalue weighted by molar-refractivity contribution is 7.99. The molecule has 0 saturated carbocycles. The molecule has 0 atom stereocenters. The van der Waals surface area contributed by atoms with E-state index in [1.165, 1.54) is 23.1 Å². The van der Waals surface area contributed by atoms with E-state index in [1.54, 1.807) is 16.7 Å². The first-order valence-electron chi connectivity index (χ1n) is 10.2. The molecule has 0 bridgehead atoms. The van der Waals surface area contributed by atoms with E-state index in [9.17, 15) is 9.59 Å². The average molecular weight is 466 g/mol. The number of nitrogens with one attached hydrogen (secondary N) is 1. The second-order valence-electron chi connectivity index (χ2n) is 7.25. The lowest BCUT2D eigenvalue weighted by molar-refractivity contribution is -0.113. The van der Waals surface area contributed by atoms with Gasteiger partial charge in [-0.1, -0.05) is 29.5 Å². The van der Waals surface area contributed by atoms with E-state index in [2.05, 4.69) is 10.3 Å². The van der Waals surface area contributed by atoms with Gasteiger partial charge in [-0.15, -0.1) is 11.3 Å². The lowest BCUT2D eigenvalue weighted by Gasteiger charge is -2.14. The third-order valence-corrected chi connectivity index (χ3v) is 6.65. The lowest BCUT2D eigenvalue weighted by atomic mass is 10.1. The van der Waals surface area contributed by atoms with Crippen LogP contribution in [-0.2, 0) is 4.79 Å². The number of thioether (sulfide) groups is 1. The van der Waals surface area contributed by atoms with Gasteiger partial charge in [0.05, 0.1) is 23.6 Å². The number of aromatic nitrogens is 2. The molecule has 0 aliphatic rings. The van der Waals surface area contributed by atoms with Gasteiger partial charge in [-0.3, -0.25) is 14.2 Å². The zero-order valence-electron chi connectivity index (χ0n) is 18.0. The Balaban J connectivity index is 1.59. The minimum atomic E-state index is -0.175. The highest BCUT2D eigenvalue weighted by Gasteiger charge is 2.17. The summed E-state index contributed by atoms with van der Waals surface area (Å²) in [6.45, 7) is 6.50. The summed E-state index contributed by atoms with van der Waals surface area (Å²) in [5.41, 5.74) is 4.09. The Kier molecular flexibility index (Phi) is 6.62. The molecule has 0 spiro atoms. The molecule has 6 nitrogen and oxygen atoms in total. The van der Waals surface area contributed by atoms with Crippen LogP contribution in [0.3, 0.4) is 0 Å². The van der Waals surface area contributed by atoms with Crippen LogP contribution in [0.4, 0.5) is 5.69 Å². The highest BCUT2D eigenvalue weighted by Crippen LogP contribution is 2.26. The molecule has 8 heteroatoms. The molecule has 32 heavy (non-hydrogen) atoms. The van der Waals surface area contributed by atoms with Crippen LogP contribution in [0, 0.1) is 13.8 Å². The van der Waals surface area contributed by atoms with Crippen molar-refractivity contribution in [1.29, 1.82) is 0 Å². The maximum absolute atomic E-state index is 13.3. The fraction of sp³-hybridized carbons (Fsp3) is 0.208. The van der Waals surface area contributed by atoms with Gasteiger partial charge in [0, 0.05) is 5.69 Å². The standard InChI is InChI=1S/C24H23N3O3S2/c1-4-30-18-8-6-17(7-9-18)25-21(28)14-32-24-26-19-11-12-31-22(19)23(29)27(24)20-10-5-15(2)13-16(20)3/h5-13H,4,14H2,1-3H3,(H,25,28). The lowest BCUT2D eigenvalue weighted by Crippen LogP contribution is -2.23. The van der Waals surface area contributed by atoms with Crippen molar-refractivity contribution in [2.24, 2.45) is 0 Å².